The minimum Gasteiger partial charge on any atom is -0.376 e. The molecule has 0 spiro atoms. The molecule has 2 fully saturated rings. The zero-order valence-electron chi connectivity index (χ0n) is 15.0. The Hall–Kier alpha value is -2.08. The molecule has 136 valence electrons. The van der Waals surface area contributed by atoms with Crippen LogP contribution in [0.3, 0.4) is 0 Å². The normalized spacial score (nSPS) is 21.9. The number of nitrogens with zero attached hydrogens (tertiary/aromatic N) is 2. The topological polar surface area (TPSA) is 61.9 Å². The first kappa shape index (κ1) is 17.7. The number of ketones is 1. The van der Waals surface area contributed by atoms with Crippen molar-refractivity contribution in [3.05, 3.63) is 29.8 Å². The number of urea groups is 1. The van der Waals surface area contributed by atoms with Gasteiger partial charge in [0.25, 0.3) is 0 Å². The highest BCUT2D eigenvalue weighted by atomic mass is 16.5. The number of hydrogen-bond donors (Lipinski definition) is 1. The lowest BCUT2D eigenvalue weighted by Crippen LogP contribution is -2.54. The molecule has 2 heterocycles. The molecule has 0 radical (unpaired) electrons. The highest BCUT2D eigenvalue weighted by Gasteiger charge is 2.27. The Kier molecular flexibility index (Phi) is 5.58. The highest BCUT2D eigenvalue weighted by Crippen LogP contribution is 2.19. The molecule has 0 bridgehead atoms. The number of benzene rings is 1. The van der Waals surface area contributed by atoms with Gasteiger partial charge in [0.1, 0.15) is 0 Å². The van der Waals surface area contributed by atoms with Gasteiger partial charge in [-0.2, -0.15) is 0 Å². The minimum atomic E-state index is -0.00502. The maximum atomic E-state index is 12.4. The lowest BCUT2D eigenvalue weighted by molar-refractivity contribution is 0.0831. The average Bonchev–Trinajstić information content (AvgIpc) is 3.17. The number of carbonyl (C=O) groups is 2. The third-order valence-electron chi connectivity index (χ3n) is 5.08. The first-order chi connectivity index (χ1) is 12.0. The van der Waals surface area contributed by atoms with Crippen LogP contribution < -0.4 is 10.2 Å². The third-order valence-corrected chi connectivity index (χ3v) is 5.08. The fourth-order valence-electron chi connectivity index (χ4n) is 3.45. The molecule has 2 atom stereocenters. The number of amides is 2. The van der Waals surface area contributed by atoms with Gasteiger partial charge in [-0.05, 0) is 51.0 Å². The maximum Gasteiger partial charge on any atom is 0.317 e. The monoisotopic (exact) mass is 345 g/mol. The highest BCUT2D eigenvalue weighted by molar-refractivity contribution is 5.94. The molecule has 2 saturated heterocycles. The van der Waals surface area contributed by atoms with E-state index in [1.54, 1.807) is 6.92 Å². The molecule has 25 heavy (non-hydrogen) atoms. The van der Waals surface area contributed by atoms with Crippen LogP contribution in [0.5, 0.6) is 0 Å². The fourth-order valence-corrected chi connectivity index (χ4v) is 3.45. The number of anilines is 1. The van der Waals surface area contributed by atoms with E-state index in [9.17, 15) is 9.59 Å². The number of hydrogen-bond acceptors (Lipinski definition) is 4. The zero-order valence-corrected chi connectivity index (χ0v) is 15.0. The molecule has 2 amide bonds. The van der Waals surface area contributed by atoms with Crippen molar-refractivity contribution in [1.29, 1.82) is 0 Å². The number of carbonyl (C=O) groups excluding carboxylic acids is 2. The summed E-state index contributed by atoms with van der Waals surface area (Å²) in [6.07, 6.45) is 2.24. The molecule has 2 aliphatic rings. The van der Waals surface area contributed by atoms with Crippen molar-refractivity contribution >= 4 is 17.5 Å². The summed E-state index contributed by atoms with van der Waals surface area (Å²) in [5, 5.41) is 3.07. The summed E-state index contributed by atoms with van der Waals surface area (Å²) in [5.41, 5.74) is 1.82. The van der Waals surface area contributed by atoms with Crippen LogP contribution in [0.25, 0.3) is 0 Å². The van der Waals surface area contributed by atoms with Crippen molar-refractivity contribution in [3.8, 4) is 0 Å². The lowest BCUT2D eigenvalue weighted by atomic mass is 10.1. The van der Waals surface area contributed by atoms with Crippen LogP contribution >= 0.6 is 0 Å². The Bertz CT molecular complexity index is 603. The number of ether oxygens (including phenoxy) is 1. The molecule has 6 nitrogen and oxygen atoms in total. The van der Waals surface area contributed by atoms with Crippen LogP contribution in [-0.2, 0) is 4.74 Å². The Labute approximate surface area is 149 Å². The van der Waals surface area contributed by atoms with Crippen molar-refractivity contribution in [2.75, 3.05) is 37.7 Å². The molecule has 3 rings (SSSR count). The van der Waals surface area contributed by atoms with Crippen LogP contribution in [0.1, 0.15) is 37.0 Å². The summed E-state index contributed by atoms with van der Waals surface area (Å²) in [6, 6.07) is 7.72. The molecule has 1 N–H and O–H groups in total. The second-order valence-electron chi connectivity index (χ2n) is 6.87. The van der Waals surface area contributed by atoms with Crippen molar-refractivity contribution in [1.82, 2.24) is 10.2 Å². The van der Waals surface area contributed by atoms with Gasteiger partial charge in [-0.3, -0.25) is 4.79 Å². The first-order valence-corrected chi connectivity index (χ1v) is 9.07. The summed E-state index contributed by atoms with van der Waals surface area (Å²) >= 11 is 0. The number of Topliss-reactive ketones (excluding diaryl/α,β-unsaturated/α-hetero) is 1. The molecule has 0 aliphatic carbocycles. The van der Waals surface area contributed by atoms with E-state index in [-0.39, 0.29) is 24.0 Å². The van der Waals surface area contributed by atoms with Crippen molar-refractivity contribution in [2.24, 2.45) is 0 Å². The molecular weight excluding hydrogens is 318 g/mol. The van der Waals surface area contributed by atoms with Crippen molar-refractivity contribution in [2.45, 2.75) is 38.8 Å². The van der Waals surface area contributed by atoms with E-state index in [0.29, 0.717) is 13.1 Å². The van der Waals surface area contributed by atoms with Gasteiger partial charge in [-0.25, -0.2) is 4.79 Å². The van der Waals surface area contributed by atoms with Crippen LogP contribution in [0.4, 0.5) is 10.5 Å². The number of piperazine rings is 1. The van der Waals surface area contributed by atoms with E-state index >= 15 is 0 Å². The summed E-state index contributed by atoms with van der Waals surface area (Å²) in [6.45, 7) is 7.36. The Morgan fingerprint density at radius 3 is 2.40 bits per heavy atom. The zero-order chi connectivity index (χ0) is 17.8. The van der Waals surface area contributed by atoms with Gasteiger partial charge < -0.3 is 19.9 Å². The minimum absolute atomic E-state index is 0.00502. The second kappa shape index (κ2) is 7.87. The van der Waals surface area contributed by atoms with E-state index in [4.69, 9.17) is 4.74 Å². The van der Waals surface area contributed by atoms with Gasteiger partial charge in [-0.15, -0.1) is 0 Å². The van der Waals surface area contributed by atoms with Gasteiger partial charge in [-0.1, -0.05) is 0 Å². The van der Waals surface area contributed by atoms with E-state index in [1.165, 1.54) is 0 Å². The van der Waals surface area contributed by atoms with Crippen LogP contribution in [0.15, 0.2) is 24.3 Å². The fraction of sp³-hybridized carbons (Fsp3) is 0.579. The Balaban J connectivity index is 1.49. The second-order valence-corrected chi connectivity index (χ2v) is 6.87. The van der Waals surface area contributed by atoms with Gasteiger partial charge in [0, 0.05) is 44.0 Å². The first-order valence-electron chi connectivity index (χ1n) is 9.07. The third kappa shape index (κ3) is 4.31. The molecular formula is C19H27N3O3. The number of nitrogens with one attached hydrogen (secondary N) is 1. The summed E-state index contributed by atoms with van der Waals surface area (Å²) in [4.78, 5) is 27.9. The maximum absolute atomic E-state index is 12.4. The molecule has 2 aliphatic heterocycles. The standard InChI is InChI=1S/C19H27N3O3/c1-14(18-4-3-13-25-18)20-19(24)22-11-9-21(10-12-22)17-7-5-16(6-8-17)15(2)23/h5-8,14,18H,3-4,9-13H2,1-2H3,(H,20,24)/t14-,18-/m0/s1. The van der Waals surface area contributed by atoms with E-state index in [2.05, 4.69) is 10.2 Å². The molecule has 0 saturated carbocycles. The smallest absolute Gasteiger partial charge is 0.317 e. The van der Waals surface area contributed by atoms with Crippen molar-refractivity contribution in [3.63, 3.8) is 0 Å². The average molecular weight is 345 g/mol. The van der Waals surface area contributed by atoms with E-state index < -0.39 is 0 Å². The van der Waals surface area contributed by atoms with Crippen LogP contribution in [0.2, 0.25) is 0 Å². The van der Waals surface area contributed by atoms with E-state index in [1.807, 2.05) is 36.1 Å². The van der Waals surface area contributed by atoms with Crippen LogP contribution in [-0.4, -0.2) is 61.6 Å². The predicted molar refractivity (Wildman–Crippen MR) is 97.2 cm³/mol. The SMILES string of the molecule is CC(=O)c1ccc(N2CCN(C(=O)N[C@@H](C)[C@@H]3CCCO3)CC2)cc1. The molecule has 0 aromatic heterocycles. The molecule has 1 aromatic rings. The quantitative estimate of drug-likeness (QED) is 0.851. The molecule has 1 aromatic carbocycles. The largest absolute Gasteiger partial charge is 0.376 e. The summed E-state index contributed by atoms with van der Waals surface area (Å²) in [5.74, 6) is 0.0772. The van der Waals surface area contributed by atoms with Gasteiger partial charge in [0.15, 0.2) is 5.78 Å². The molecule has 6 heteroatoms. The molecule has 0 unspecified atom stereocenters. The Morgan fingerprint density at radius 2 is 1.84 bits per heavy atom. The summed E-state index contributed by atoms with van der Waals surface area (Å²) in [7, 11) is 0. The van der Waals surface area contributed by atoms with Crippen LogP contribution in [0, 0.1) is 0 Å². The van der Waals surface area contributed by atoms with Gasteiger partial charge >= 0.3 is 6.03 Å². The number of rotatable bonds is 4. The Morgan fingerprint density at radius 1 is 1.16 bits per heavy atom. The lowest BCUT2D eigenvalue weighted by Gasteiger charge is -2.37. The van der Waals surface area contributed by atoms with E-state index in [0.717, 1.165) is 43.8 Å². The van der Waals surface area contributed by atoms with Gasteiger partial charge in [0.2, 0.25) is 0 Å². The predicted octanol–water partition coefficient (Wildman–Crippen LogP) is 2.29. The van der Waals surface area contributed by atoms with Gasteiger partial charge in [0.05, 0.1) is 12.1 Å². The van der Waals surface area contributed by atoms with Crippen molar-refractivity contribution < 1.29 is 14.3 Å². The summed E-state index contributed by atoms with van der Waals surface area (Å²) < 4.78 is 5.64.